The van der Waals surface area contributed by atoms with Crippen molar-refractivity contribution in [2.24, 2.45) is 5.41 Å². The zero-order chi connectivity index (χ0) is 16.1. The molecular weight excluding hydrogens is 302 g/mol. The third-order valence-electron chi connectivity index (χ3n) is 4.18. The molecule has 6 heteroatoms. The summed E-state index contributed by atoms with van der Waals surface area (Å²) < 4.78 is 37.8. The van der Waals surface area contributed by atoms with Gasteiger partial charge in [0.05, 0.1) is 11.5 Å². The van der Waals surface area contributed by atoms with Crippen molar-refractivity contribution < 1.29 is 17.9 Å². The van der Waals surface area contributed by atoms with Crippen molar-refractivity contribution >= 4 is 10.0 Å². The fourth-order valence-corrected chi connectivity index (χ4v) is 4.26. The van der Waals surface area contributed by atoms with Crippen LogP contribution in [0.1, 0.15) is 19.8 Å². The molecule has 0 amide bonds. The SMILES string of the molecule is COCCN(CC1(C)CCOCC1)S(=O)(=O)c1ccccc1. The lowest BCUT2D eigenvalue weighted by Crippen LogP contribution is -2.43. The van der Waals surface area contributed by atoms with Crippen molar-refractivity contribution in [1.82, 2.24) is 4.31 Å². The van der Waals surface area contributed by atoms with Crippen LogP contribution >= 0.6 is 0 Å². The summed E-state index contributed by atoms with van der Waals surface area (Å²) in [5.74, 6) is 0. The molecular formula is C16H25NO4S. The zero-order valence-corrected chi connectivity index (χ0v) is 14.1. The van der Waals surface area contributed by atoms with Crippen molar-refractivity contribution in [1.29, 1.82) is 0 Å². The second-order valence-corrected chi connectivity index (χ2v) is 8.01. The molecule has 0 aliphatic carbocycles. The highest BCUT2D eigenvalue weighted by Gasteiger charge is 2.34. The first-order valence-corrected chi connectivity index (χ1v) is 9.04. The van der Waals surface area contributed by atoms with Crippen LogP contribution < -0.4 is 0 Å². The van der Waals surface area contributed by atoms with Crippen LogP contribution in [0, 0.1) is 5.41 Å². The van der Waals surface area contributed by atoms with Crippen molar-refractivity contribution in [2.45, 2.75) is 24.7 Å². The molecule has 5 nitrogen and oxygen atoms in total. The predicted octanol–water partition coefficient (Wildman–Crippen LogP) is 2.14. The summed E-state index contributed by atoms with van der Waals surface area (Å²) in [4.78, 5) is 0.335. The molecule has 2 rings (SSSR count). The van der Waals surface area contributed by atoms with E-state index in [9.17, 15) is 8.42 Å². The molecule has 0 N–H and O–H groups in total. The van der Waals surface area contributed by atoms with Gasteiger partial charge in [0.15, 0.2) is 0 Å². The normalized spacial score (nSPS) is 18.5. The third kappa shape index (κ3) is 4.29. The fraction of sp³-hybridized carbons (Fsp3) is 0.625. The minimum absolute atomic E-state index is 0.0478. The Hall–Kier alpha value is -0.950. The second-order valence-electron chi connectivity index (χ2n) is 6.07. The highest BCUT2D eigenvalue weighted by molar-refractivity contribution is 7.89. The molecule has 1 aliphatic rings. The van der Waals surface area contributed by atoms with Gasteiger partial charge >= 0.3 is 0 Å². The molecule has 1 fully saturated rings. The van der Waals surface area contributed by atoms with Crippen LogP contribution in [0.25, 0.3) is 0 Å². The van der Waals surface area contributed by atoms with Gasteiger partial charge in [0.1, 0.15) is 0 Å². The van der Waals surface area contributed by atoms with Gasteiger partial charge in [-0.2, -0.15) is 4.31 Å². The Balaban J connectivity index is 2.21. The van der Waals surface area contributed by atoms with E-state index in [0.717, 1.165) is 12.8 Å². The monoisotopic (exact) mass is 327 g/mol. The molecule has 22 heavy (non-hydrogen) atoms. The molecule has 0 saturated carbocycles. The summed E-state index contributed by atoms with van der Waals surface area (Å²) in [5.41, 5.74) is -0.0478. The van der Waals surface area contributed by atoms with Gasteiger partial charge in [0.25, 0.3) is 0 Å². The van der Waals surface area contributed by atoms with Crippen molar-refractivity contribution in [3.63, 3.8) is 0 Å². The summed E-state index contributed by atoms with van der Waals surface area (Å²) in [6.07, 6.45) is 1.75. The number of nitrogens with zero attached hydrogens (tertiary/aromatic N) is 1. The van der Waals surface area contributed by atoms with Gasteiger partial charge in [-0.05, 0) is 30.4 Å². The maximum Gasteiger partial charge on any atom is 0.243 e. The minimum Gasteiger partial charge on any atom is -0.383 e. The minimum atomic E-state index is -3.50. The quantitative estimate of drug-likeness (QED) is 0.770. The number of sulfonamides is 1. The van der Waals surface area contributed by atoms with E-state index in [2.05, 4.69) is 6.92 Å². The summed E-state index contributed by atoms with van der Waals surface area (Å²) in [6.45, 7) is 4.77. The lowest BCUT2D eigenvalue weighted by Gasteiger charge is -2.37. The highest BCUT2D eigenvalue weighted by atomic mass is 32.2. The molecule has 0 atom stereocenters. The Morgan fingerprint density at radius 3 is 2.45 bits per heavy atom. The zero-order valence-electron chi connectivity index (χ0n) is 13.3. The van der Waals surface area contributed by atoms with E-state index >= 15 is 0 Å². The van der Waals surface area contributed by atoms with Crippen LogP contribution in [-0.4, -0.2) is 52.7 Å². The maximum atomic E-state index is 12.9. The van der Waals surface area contributed by atoms with E-state index in [1.54, 1.807) is 35.7 Å². The van der Waals surface area contributed by atoms with Gasteiger partial charge < -0.3 is 9.47 Å². The number of hydrogen-bond acceptors (Lipinski definition) is 4. The molecule has 1 heterocycles. The second kappa shape index (κ2) is 7.55. The van der Waals surface area contributed by atoms with Gasteiger partial charge in [-0.25, -0.2) is 8.42 Å². The van der Waals surface area contributed by atoms with E-state index in [1.807, 2.05) is 6.07 Å². The maximum absolute atomic E-state index is 12.9. The number of methoxy groups -OCH3 is 1. The van der Waals surface area contributed by atoms with Crippen molar-refractivity contribution in [3.8, 4) is 0 Å². The van der Waals surface area contributed by atoms with Crippen LogP contribution in [0.15, 0.2) is 35.2 Å². The van der Waals surface area contributed by atoms with Crippen molar-refractivity contribution in [2.75, 3.05) is 40.0 Å². The Morgan fingerprint density at radius 2 is 1.86 bits per heavy atom. The van der Waals surface area contributed by atoms with Crippen LogP contribution in [0.5, 0.6) is 0 Å². The molecule has 0 radical (unpaired) electrons. The Morgan fingerprint density at radius 1 is 1.23 bits per heavy atom. The van der Waals surface area contributed by atoms with Crippen LogP contribution in [0.4, 0.5) is 0 Å². The summed E-state index contributed by atoms with van der Waals surface area (Å²) in [6, 6.07) is 8.59. The van der Waals surface area contributed by atoms with Gasteiger partial charge in [-0.1, -0.05) is 25.1 Å². The van der Waals surface area contributed by atoms with E-state index in [1.165, 1.54) is 0 Å². The highest BCUT2D eigenvalue weighted by Crippen LogP contribution is 2.32. The van der Waals surface area contributed by atoms with Crippen molar-refractivity contribution in [3.05, 3.63) is 30.3 Å². The van der Waals surface area contributed by atoms with E-state index in [0.29, 0.717) is 37.8 Å². The molecule has 0 unspecified atom stereocenters. The van der Waals surface area contributed by atoms with E-state index in [-0.39, 0.29) is 5.41 Å². The molecule has 1 saturated heterocycles. The largest absolute Gasteiger partial charge is 0.383 e. The van der Waals surface area contributed by atoms with E-state index < -0.39 is 10.0 Å². The Labute approximate surface area is 133 Å². The van der Waals surface area contributed by atoms with Crippen LogP contribution in [-0.2, 0) is 19.5 Å². The molecule has 0 spiro atoms. The smallest absolute Gasteiger partial charge is 0.243 e. The number of rotatable bonds is 7. The van der Waals surface area contributed by atoms with Crippen LogP contribution in [0.3, 0.4) is 0 Å². The molecule has 0 aromatic heterocycles. The Bertz CT molecular complexity index is 553. The molecule has 1 aliphatic heterocycles. The third-order valence-corrected chi connectivity index (χ3v) is 6.04. The fourth-order valence-electron chi connectivity index (χ4n) is 2.67. The van der Waals surface area contributed by atoms with Crippen LogP contribution in [0.2, 0.25) is 0 Å². The predicted molar refractivity (Wildman–Crippen MR) is 85.2 cm³/mol. The van der Waals surface area contributed by atoms with Gasteiger partial charge in [-0.15, -0.1) is 0 Å². The number of ether oxygens (including phenoxy) is 2. The lowest BCUT2D eigenvalue weighted by atomic mass is 9.82. The molecule has 124 valence electrons. The average Bonchev–Trinajstić information content (AvgIpc) is 2.53. The molecule has 1 aromatic carbocycles. The number of benzene rings is 1. The first-order valence-electron chi connectivity index (χ1n) is 7.60. The average molecular weight is 327 g/mol. The summed E-state index contributed by atoms with van der Waals surface area (Å²) in [5, 5.41) is 0. The van der Waals surface area contributed by atoms with Gasteiger partial charge in [0, 0.05) is 33.4 Å². The summed E-state index contributed by atoms with van der Waals surface area (Å²) >= 11 is 0. The lowest BCUT2D eigenvalue weighted by molar-refractivity contribution is 0.0137. The van der Waals surface area contributed by atoms with Gasteiger partial charge in [0.2, 0.25) is 10.0 Å². The molecule has 1 aromatic rings. The molecule has 0 bridgehead atoms. The first kappa shape index (κ1) is 17.4. The number of hydrogen-bond donors (Lipinski definition) is 0. The topological polar surface area (TPSA) is 55.8 Å². The summed E-state index contributed by atoms with van der Waals surface area (Å²) in [7, 11) is -1.91. The van der Waals surface area contributed by atoms with Gasteiger partial charge in [-0.3, -0.25) is 0 Å². The standard InChI is InChI=1S/C16H25NO4S/c1-16(8-11-21-12-9-16)14-17(10-13-20-2)22(18,19)15-6-4-3-5-7-15/h3-7H,8-14H2,1-2H3. The Kier molecular flexibility index (Phi) is 5.97. The first-order chi connectivity index (χ1) is 10.5. The van der Waals surface area contributed by atoms with E-state index in [4.69, 9.17) is 9.47 Å².